The van der Waals surface area contributed by atoms with Crippen LogP contribution < -0.4 is 5.32 Å². The Bertz CT molecular complexity index is 407. The van der Waals surface area contributed by atoms with Crippen LogP contribution in [0.4, 0.5) is 4.79 Å². The van der Waals surface area contributed by atoms with Crippen molar-refractivity contribution in [1.82, 2.24) is 10.2 Å². The third-order valence-corrected chi connectivity index (χ3v) is 4.01. The molecule has 6 nitrogen and oxygen atoms in total. The van der Waals surface area contributed by atoms with Gasteiger partial charge in [0.2, 0.25) is 0 Å². The number of amides is 2. The van der Waals surface area contributed by atoms with E-state index in [9.17, 15) is 9.90 Å². The van der Waals surface area contributed by atoms with Gasteiger partial charge in [-0.25, -0.2) is 4.79 Å². The summed E-state index contributed by atoms with van der Waals surface area (Å²) in [6.07, 6.45) is 3.65. The highest BCUT2D eigenvalue weighted by atomic mass is 16.5. The number of nitrogens with one attached hydrogen (secondary N) is 1. The topological polar surface area (TPSA) is 74.9 Å². The van der Waals surface area contributed by atoms with Gasteiger partial charge in [-0.1, -0.05) is 0 Å². The molecule has 1 aliphatic heterocycles. The lowest BCUT2D eigenvalue weighted by Crippen LogP contribution is -2.56. The largest absolute Gasteiger partial charge is 0.467 e. The Morgan fingerprint density at radius 1 is 1.50 bits per heavy atom. The quantitative estimate of drug-likeness (QED) is 0.855. The SMILES string of the molecule is CN(C(=O)NCc1ccco1)C1(CCO)CCOCC1. The maximum absolute atomic E-state index is 12.3. The smallest absolute Gasteiger partial charge is 0.317 e. The van der Waals surface area contributed by atoms with Gasteiger partial charge in [0.25, 0.3) is 0 Å². The van der Waals surface area contributed by atoms with Crippen LogP contribution in [0, 0.1) is 0 Å². The van der Waals surface area contributed by atoms with Crippen LogP contribution in [0.15, 0.2) is 22.8 Å². The Morgan fingerprint density at radius 3 is 2.85 bits per heavy atom. The van der Waals surface area contributed by atoms with Crippen molar-refractivity contribution in [2.75, 3.05) is 26.9 Å². The average molecular weight is 282 g/mol. The summed E-state index contributed by atoms with van der Waals surface area (Å²) in [7, 11) is 1.78. The van der Waals surface area contributed by atoms with Crippen molar-refractivity contribution >= 4 is 6.03 Å². The molecule has 0 unspecified atom stereocenters. The van der Waals surface area contributed by atoms with Crippen molar-refractivity contribution < 1.29 is 19.1 Å². The third-order valence-electron chi connectivity index (χ3n) is 4.01. The van der Waals surface area contributed by atoms with Crippen molar-refractivity contribution in [3.8, 4) is 0 Å². The van der Waals surface area contributed by atoms with E-state index in [1.807, 2.05) is 6.07 Å². The average Bonchev–Trinajstić information content (AvgIpc) is 2.98. The van der Waals surface area contributed by atoms with E-state index in [0.717, 1.165) is 18.6 Å². The summed E-state index contributed by atoms with van der Waals surface area (Å²) in [5.41, 5.74) is -0.319. The molecule has 1 aromatic rings. The summed E-state index contributed by atoms with van der Waals surface area (Å²) in [4.78, 5) is 14.0. The normalized spacial score (nSPS) is 17.7. The third kappa shape index (κ3) is 3.32. The summed E-state index contributed by atoms with van der Waals surface area (Å²) in [6, 6.07) is 3.45. The minimum absolute atomic E-state index is 0.0653. The number of hydrogen-bond acceptors (Lipinski definition) is 4. The number of rotatable bonds is 5. The molecule has 0 bridgehead atoms. The highest BCUT2D eigenvalue weighted by molar-refractivity contribution is 5.74. The molecule has 2 rings (SSSR count). The standard InChI is InChI=1S/C14H22N2O4/c1-16(13(18)15-11-12-3-2-8-20-12)14(4-7-17)5-9-19-10-6-14/h2-3,8,17H,4-7,9-11H2,1H3,(H,15,18). The van der Waals surface area contributed by atoms with E-state index in [0.29, 0.717) is 26.2 Å². The van der Waals surface area contributed by atoms with Crippen LogP contribution in [-0.2, 0) is 11.3 Å². The monoisotopic (exact) mass is 282 g/mol. The molecule has 1 aliphatic rings. The fourth-order valence-corrected chi connectivity index (χ4v) is 2.62. The van der Waals surface area contributed by atoms with E-state index in [1.165, 1.54) is 0 Å². The first-order chi connectivity index (χ1) is 9.68. The van der Waals surface area contributed by atoms with E-state index >= 15 is 0 Å². The number of ether oxygens (including phenoxy) is 1. The van der Waals surface area contributed by atoms with E-state index in [-0.39, 0.29) is 18.2 Å². The number of aliphatic hydroxyl groups is 1. The van der Waals surface area contributed by atoms with Crippen LogP contribution in [0.3, 0.4) is 0 Å². The van der Waals surface area contributed by atoms with Crippen molar-refractivity contribution in [2.45, 2.75) is 31.3 Å². The zero-order valence-corrected chi connectivity index (χ0v) is 11.8. The number of urea groups is 1. The molecule has 1 saturated heterocycles. The minimum atomic E-state index is -0.319. The molecule has 1 fully saturated rings. The van der Waals surface area contributed by atoms with E-state index < -0.39 is 0 Å². The van der Waals surface area contributed by atoms with Crippen LogP contribution in [0.25, 0.3) is 0 Å². The summed E-state index contributed by atoms with van der Waals surface area (Å²) < 4.78 is 10.6. The van der Waals surface area contributed by atoms with Crippen LogP contribution in [-0.4, -0.2) is 48.4 Å². The van der Waals surface area contributed by atoms with Gasteiger partial charge in [-0.2, -0.15) is 0 Å². The van der Waals surface area contributed by atoms with Crippen molar-refractivity contribution in [2.24, 2.45) is 0 Å². The zero-order chi connectivity index (χ0) is 14.4. The molecule has 2 amide bonds. The molecule has 1 aromatic heterocycles. The van der Waals surface area contributed by atoms with Crippen LogP contribution in [0.2, 0.25) is 0 Å². The molecule has 0 spiro atoms. The summed E-state index contributed by atoms with van der Waals surface area (Å²) in [6.45, 7) is 1.67. The Morgan fingerprint density at radius 2 is 2.25 bits per heavy atom. The molecule has 0 saturated carbocycles. The maximum atomic E-state index is 12.3. The molecule has 20 heavy (non-hydrogen) atoms. The number of carbonyl (C=O) groups is 1. The van der Waals surface area contributed by atoms with Gasteiger partial charge in [0.1, 0.15) is 5.76 Å². The summed E-state index contributed by atoms with van der Waals surface area (Å²) in [5.74, 6) is 0.718. The summed E-state index contributed by atoms with van der Waals surface area (Å²) in [5, 5.41) is 12.1. The number of carbonyl (C=O) groups excluding carboxylic acids is 1. The van der Waals surface area contributed by atoms with E-state index in [1.54, 1.807) is 24.3 Å². The Hall–Kier alpha value is -1.53. The van der Waals surface area contributed by atoms with Gasteiger partial charge >= 0.3 is 6.03 Å². The molecule has 0 atom stereocenters. The van der Waals surface area contributed by atoms with Gasteiger partial charge in [0.15, 0.2) is 0 Å². The number of furan rings is 1. The summed E-state index contributed by atoms with van der Waals surface area (Å²) >= 11 is 0. The van der Waals surface area contributed by atoms with Gasteiger partial charge in [0, 0.05) is 26.9 Å². The lowest BCUT2D eigenvalue weighted by atomic mass is 9.85. The number of aliphatic hydroxyl groups excluding tert-OH is 1. The first-order valence-corrected chi connectivity index (χ1v) is 6.91. The lowest BCUT2D eigenvalue weighted by Gasteiger charge is -2.44. The Balaban J connectivity index is 1.95. The fourth-order valence-electron chi connectivity index (χ4n) is 2.62. The molecular weight excluding hydrogens is 260 g/mol. The maximum Gasteiger partial charge on any atom is 0.317 e. The van der Waals surface area contributed by atoms with E-state index in [2.05, 4.69) is 5.32 Å². The van der Waals surface area contributed by atoms with Gasteiger partial charge < -0.3 is 24.5 Å². The minimum Gasteiger partial charge on any atom is -0.467 e. The zero-order valence-electron chi connectivity index (χ0n) is 11.8. The second-order valence-corrected chi connectivity index (χ2v) is 5.11. The number of nitrogens with zero attached hydrogens (tertiary/aromatic N) is 1. The van der Waals surface area contributed by atoms with Crippen molar-refractivity contribution in [3.63, 3.8) is 0 Å². The highest BCUT2D eigenvalue weighted by Gasteiger charge is 2.38. The van der Waals surface area contributed by atoms with Gasteiger partial charge in [-0.15, -0.1) is 0 Å². The predicted molar refractivity (Wildman–Crippen MR) is 73.2 cm³/mol. The van der Waals surface area contributed by atoms with Crippen LogP contribution >= 0.6 is 0 Å². The first kappa shape index (κ1) is 14.9. The van der Waals surface area contributed by atoms with Gasteiger partial charge in [-0.3, -0.25) is 0 Å². The number of hydrogen-bond donors (Lipinski definition) is 2. The Kier molecular flexibility index (Phi) is 5.03. The molecule has 0 radical (unpaired) electrons. The second-order valence-electron chi connectivity index (χ2n) is 5.11. The van der Waals surface area contributed by atoms with Gasteiger partial charge in [0.05, 0.1) is 18.3 Å². The molecule has 2 N–H and O–H groups in total. The molecule has 0 aromatic carbocycles. The highest BCUT2D eigenvalue weighted by Crippen LogP contribution is 2.30. The van der Waals surface area contributed by atoms with Crippen molar-refractivity contribution in [3.05, 3.63) is 24.2 Å². The predicted octanol–water partition coefficient (Wildman–Crippen LogP) is 1.35. The second kappa shape index (κ2) is 6.76. The first-order valence-electron chi connectivity index (χ1n) is 6.91. The van der Waals surface area contributed by atoms with E-state index in [4.69, 9.17) is 9.15 Å². The van der Waals surface area contributed by atoms with Crippen LogP contribution in [0.1, 0.15) is 25.0 Å². The molecule has 2 heterocycles. The Labute approximate surface area is 118 Å². The molecule has 112 valence electrons. The molecule has 6 heteroatoms. The van der Waals surface area contributed by atoms with Gasteiger partial charge in [-0.05, 0) is 31.4 Å². The molecule has 0 aliphatic carbocycles. The fraction of sp³-hybridized carbons (Fsp3) is 0.643. The van der Waals surface area contributed by atoms with Crippen LogP contribution in [0.5, 0.6) is 0 Å². The van der Waals surface area contributed by atoms with Crippen molar-refractivity contribution in [1.29, 1.82) is 0 Å². The lowest BCUT2D eigenvalue weighted by molar-refractivity contribution is -0.0131. The molecular formula is C14H22N2O4.